The number of halogens is 1. The molecule has 3 amide bonds. The Hall–Kier alpha value is -3.99. The van der Waals surface area contributed by atoms with Crippen molar-refractivity contribution in [2.45, 2.75) is 68.9 Å². The van der Waals surface area contributed by atoms with Gasteiger partial charge < -0.3 is 29.7 Å². The quantitative estimate of drug-likeness (QED) is 0.214. The van der Waals surface area contributed by atoms with Gasteiger partial charge in [-0.05, 0) is 55.5 Å². The number of likely N-dealkylation sites (tertiary alicyclic amines) is 1. The largest absolute Gasteiger partial charge is 0.463 e. The summed E-state index contributed by atoms with van der Waals surface area (Å²) in [7, 11) is 0. The molecule has 10 nitrogen and oxygen atoms in total. The highest BCUT2D eigenvalue weighted by Crippen LogP contribution is 2.59. The molecule has 0 aromatic heterocycles. The molecule has 3 fully saturated rings. The van der Waals surface area contributed by atoms with Gasteiger partial charge in [0.25, 0.3) is 5.91 Å². The maximum Gasteiger partial charge on any atom is 0.306 e. The maximum absolute atomic E-state index is 14.6. The van der Waals surface area contributed by atoms with Crippen LogP contribution in [0.4, 0.5) is 5.69 Å². The molecule has 47 heavy (non-hydrogen) atoms. The number of hydrogen-bond acceptors (Lipinski definition) is 7. The number of hydrogen-bond donors (Lipinski definition) is 2. The van der Waals surface area contributed by atoms with Gasteiger partial charge in [-0.1, -0.05) is 61.0 Å². The van der Waals surface area contributed by atoms with Crippen molar-refractivity contribution in [1.29, 1.82) is 0 Å². The van der Waals surface area contributed by atoms with E-state index in [9.17, 15) is 24.3 Å². The number of nitrogens with zero attached hydrogens (tertiary/aromatic N) is 2. The molecule has 3 aliphatic heterocycles. The van der Waals surface area contributed by atoms with Crippen LogP contribution in [0.3, 0.4) is 0 Å². The van der Waals surface area contributed by atoms with E-state index >= 15 is 0 Å². The first-order chi connectivity index (χ1) is 22.7. The Bertz CT molecular complexity index is 1480. The molecule has 0 radical (unpaired) electrons. The average molecular weight is 664 g/mol. The first-order valence-electron chi connectivity index (χ1n) is 16.1. The molecule has 11 heteroatoms. The molecule has 0 aliphatic carbocycles. The lowest BCUT2D eigenvalue weighted by Crippen LogP contribution is -2.59. The molecule has 3 saturated heterocycles. The lowest BCUT2D eigenvalue weighted by molar-refractivity contribution is -0.146. The molecule has 3 aliphatic rings. The smallest absolute Gasteiger partial charge is 0.306 e. The number of amides is 3. The van der Waals surface area contributed by atoms with Crippen molar-refractivity contribution >= 4 is 41.0 Å². The SMILES string of the molecule is C=CCCC(=O)OC[C@@H](NC(=O)[C@@H]1[C@H]2C(=O)N([C@@H](CC)CO)[C@H](C(=O)N(CC=C)c3ccc(Cl)cc3)[C@]23CC[C@H]1O3)c1ccccc1. The van der Waals surface area contributed by atoms with Crippen LogP contribution in [-0.2, 0) is 28.7 Å². The highest BCUT2D eigenvalue weighted by molar-refractivity contribution is 6.30. The summed E-state index contributed by atoms with van der Waals surface area (Å²) in [6, 6.07) is 13.6. The summed E-state index contributed by atoms with van der Waals surface area (Å²) in [4.78, 5) is 58.6. The zero-order valence-electron chi connectivity index (χ0n) is 26.6. The summed E-state index contributed by atoms with van der Waals surface area (Å²) in [5.41, 5.74) is 0.0333. The van der Waals surface area contributed by atoms with Crippen molar-refractivity contribution in [2.75, 3.05) is 24.7 Å². The fourth-order valence-electron chi connectivity index (χ4n) is 7.34. The number of rotatable bonds is 15. The Balaban J connectivity index is 1.47. The predicted octanol–water partition coefficient (Wildman–Crippen LogP) is 4.37. The van der Waals surface area contributed by atoms with E-state index in [4.69, 9.17) is 21.1 Å². The molecule has 2 aromatic rings. The van der Waals surface area contributed by atoms with Crippen LogP contribution in [0.5, 0.6) is 0 Å². The van der Waals surface area contributed by atoms with Gasteiger partial charge in [-0.3, -0.25) is 19.2 Å². The minimum absolute atomic E-state index is 0.0962. The standard InChI is InChI=1S/C36H42ClN3O7/c1-4-7-13-29(42)46-22-27(23-11-9-8-10-12-23)38-33(43)30-28-18-19-36(47-28)31(30)34(44)40(25(6-3)21-41)32(36)35(45)39(20-5-2)26-16-14-24(37)15-17-26/h4-5,8-12,14-17,25,27-28,30-32,41H,1-2,6-7,13,18-22H2,3H3,(H,38,43)/t25-,27+,28+,30-,31-,32+,36-/m0/s1. The molecule has 2 bridgehead atoms. The number of allylic oxidation sites excluding steroid dienone is 1. The predicted molar refractivity (Wildman–Crippen MR) is 177 cm³/mol. The van der Waals surface area contributed by atoms with Gasteiger partial charge in [0.1, 0.15) is 18.2 Å². The van der Waals surface area contributed by atoms with E-state index in [-0.39, 0.29) is 32.1 Å². The van der Waals surface area contributed by atoms with Crippen LogP contribution < -0.4 is 10.2 Å². The maximum atomic E-state index is 14.6. The molecular formula is C36H42ClN3O7. The molecule has 250 valence electrons. The third-order valence-corrected chi connectivity index (χ3v) is 9.80. The van der Waals surface area contributed by atoms with Crippen LogP contribution in [0.1, 0.15) is 50.6 Å². The van der Waals surface area contributed by atoms with E-state index in [1.807, 2.05) is 37.3 Å². The molecule has 1 spiro atoms. The van der Waals surface area contributed by atoms with Crippen molar-refractivity contribution < 1.29 is 33.8 Å². The van der Waals surface area contributed by atoms with Crippen LogP contribution in [0.25, 0.3) is 0 Å². The number of ether oxygens (including phenoxy) is 2. The molecule has 5 rings (SSSR count). The average Bonchev–Trinajstić information content (AvgIpc) is 3.73. The van der Waals surface area contributed by atoms with E-state index in [1.54, 1.807) is 36.4 Å². The Morgan fingerprint density at radius 1 is 1.17 bits per heavy atom. The lowest BCUT2D eigenvalue weighted by atomic mass is 9.70. The summed E-state index contributed by atoms with van der Waals surface area (Å²) < 4.78 is 12.1. The van der Waals surface area contributed by atoms with Crippen LogP contribution in [0.2, 0.25) is 5.02 Å². The van der Waals surface area contributed by atoms with Crippen LogP contribution in [0.15, 0.2) is 79.9 Å². The molecule has 3 heterocycles. The number of carbonyl (C=O) groups excluding carboxylic acids is 4. The summed E-state index contributed by atoms with van der Waals surface area (Å²) in [5.74, 6) is -3.45. The van der Waals surface area contributed by atoms with Crippen molar-refractivity contribution in [3.8, 4) is 0 Å². The van der Waals surface area contributed by atoms with Gasteiger partial charge in [0, 0.05) is 23.7 Å². The molecule has 0 saturated carbocycles. The third kappa shape index (κ3) is 6.59. The van der Waals surface area contributed by atoms with E-state index < -0.39 is 59.5 Å². The zero-order chi connectivity index (χ0) is 33.7. The Morgan fingerprint density at radius 2 is 1.89 bits per heavy atom. The summed E-state index contributed by atoms with van der Waals surface area (Å²) in [6.07, 6.45) is 4.56. The van der Waals surface area contributed by atoms with Crippen LogP contribution >= 0.6 is 11.6 Å². The minimum Gasteiger partial charge on any atom is -0.463 e. The zero-order valence-corrected chi connectivity index (χ0v) is 27.3. The Labute approximate surface area is 280 Å². The van der Waals surface area contributed by atoms with Gasteiger partial charge in [-0.25, -0.2) is 0 Å². The fourth-order valence-corrected chi connectivity index (χ4v) is 7.47. The second kappa shape index (κ2) is 14.8. The normalized spacial score (nSPS) is 25.5. The minimum atomic E-state index is -1.27. The number of fused-ring (bicyclic) bond motifs is 1. The molecule has 7 atom stereocenters. The van der Waals surface area contributed by atoms with Crippen molar-refractivity contribution in [3.63, 3.8) is 0 Å². The van der Waals surface area contributed by atoms with Gasteiger partial charge in [-0.2, -0.15) is 0 Å². The second-order valence-electron chi connectivity index (χ2n) is 12.2. The Kier molecular flexibility index (Phi) is 10.8. The van der Waals surface area contributed by atoms with Crippen LogP contribution in [-0.4, -0.2) is 77.2 Å². The van der Waals surface area contributed by atoms with E-state index in [2.05, 4.69) is 18.5 Å². The van der Waals surface area contributed by atoms with Gasteiger partial charge in [0.05, 0.1) is 36.6 Å². The first kappa shape index (κ1) is 34.3. The van der Waals surface area contributed by atoms with E-state index in [1.165, 1.54) is 9.80 Å². The number of benzene rings is 2. The molecular weight excluding hydrogens is 622 g/mol. The highest BCUT2D eigenvalue weighted by atomic mass is 35.5. The number of esters is 1. The van der Waals surface area contributed by atoms with Crippen molar-refractivity contribution in [3.05, 3.63) is 90.5 Å². The molecule has 2 N–H and O–H groups in total. The van der Waals surface area contributed by atoms with Gasteiger partial charge >= 0.3 is 5.97 Å². The first-order valence-corrected chi connectivity index (χ1v) is 16.5. The van der Waals surface area contributed by atoms with Gasteiger partial charge in [-0.15, -0.1) is 13.2 Å². The fraction of sp³-hybridized carbons (Fsp3) is 0.444. The number of carbonyl (C=O) groups is 4. The number of anilines is 1. The number of aliphatic hydroxyl groups is 1. The number of aliphatic hydroxyl groups excluding tert-OH is 1. The van der Waals surface area contributed by atoms with Crippen LogP contribution in [0, 0.1) is 11.8 Å². The highest BCUT2D eigenvalue weighted by Gasteiger charge is 2.75. The monoisotopic (exact) mass is 663 g/mol. The Morgan fingerprint density at radius 3 is 2.53 bits per heavy atom. The summed E-state index contributed by atoms with van der Waals surface area (Å²) >= 11 is 6.13. The van der Waals surface area contributed by atoms with Crippen molar-refractivity contribution in [1.82, 2.24) is 10.2 Å². The van der Waals surface area contributed by atoms with E-state index in [0.29, 0.717) is 36.4 Å². The second-order valence-corrected chi connectivity index (χ2v) is 12.7. The summed E-state index contributed by atoms with van der Waals surface area (Å²) in [5, 5.41) is 13.9. The van der Waals surface area contributed by atoms with Gasteiger partial charge in [0.2, 0.25) is 11.8 Å². The molecule has 2 aromatic carbocycles. The van der Waals surface area contributed by atoms with Crippen molar-refractivity contribution in [2.24, 2.45) is 11.8 Å². The lowest BCUT2D eigenvalue weighted by Gasteiger charge is -2.39. The topological polar surface area (TPSA) is 125 Å². The molecule has 0 unspecified atom stereocenters. The number of nitrogens with one attached hydrogen (secondary N) is 1. The van der Waals surface area contributed by atoms with Gasteiger partial charge in [0.15, 0.2) is 0 Å². The summed E-state index contributed by atoms with van der Waals surface area (Å²) in [6.45, 7) is 9.02. The third-order valence-electron chi connectivity index (χ3n) is 9.55. The van der Waals surface area contributed by atoms with E-state index in [0.717, 1.165) is 5.56 Å².